The van der Waals surface area contributed by atoms with E-state index in [0.717, 1.165) is 0 Å². The lowest BCUT2D eigenvalue weighted by Gasteiger charge is -2.15. The summed E-state index contributed by atoms with van der Waals surface area (Å²) in [4.78, 5) is 0. The molecule has 0 saturated heterocycles. The van der Waals surface area contributed by atoms with E-state index in [1.807, 2.05) is 0 Å². The summed E-state index contributed by atoms with van der Waals surface area (Å²) in [5, 5.41) is 0. The summed E-state index contributed by atoms with van der Waals surface area (Å²) in [6, 6.07) is 8.48. The van der Waals surface area contributed by atoms with Gasteiger partial charge < -0.3 is 4.74 Å². The van der Waals surface area contributed by atoms with Gasteiger partial charge in [-0.25, -0.2) is 0 Å². The minimum absolute atomic E-state index is 0.0747. The first-order valence-electron chi connectivity index (χ1n) is 4.40. The summed E-state index contributed by atoms with van der Waals surface area (Å²) in [6.45, 7) is 2.15. The third-order valence-corrected chi connectivity index (χ3v) is 2.73. The predicted octanol–water partition coefficient (Wildman–Crippen LogP) is 2.63. The third kappa shape index (κ3) is 1.05. The highest BCUT2D eigenvalue weighted by Gasteiger charge is 2.45. The summed E-state index contributed by atoms with van der Waals surface area (Å²) in [5.41, 5.74) is 2.79. The molecule has 0 aliphatic heterocycles. The number of aryl methyl sites for hydroxylation is 1. The summed E-state index contributed by atoms with van der Waals surface area (Å²) >= 11 is 0. The van der Waals surface area contributed by atoms with Gasteiger partial charge in [0.05, 0.1) is 5.60 Å². The molecule has 0 unspecified atom stereocenters. The molecule has 0 radical (unpaired) electrons. The molecule has 2 rings (SSSR count). The second-order valence-electron chi connectivity index (χ2n) is 3.51. The monoisotopic (exact) mass is 162 g/mol. The van der Waals surface area contributed by atoms with Gasteiger partial charge in [0.25, 0.3) is 0 Å². The van der Waals surface area contributed by atoms with Crippen molar-refractivity contribution in [3.8, 4) is 0 Å². The first-order chi connectivity index (χ1) is 5.78. The summed E-state index contributed by atoms with van der Waals surface area (Å²) in [7, 11) is 1.80. The predicted molar refractivity (Wildman–Crippen MR) is 49.1 cm³/mol. The maximum Gasteiger partial charge on any atom is 0.0932 e. The Hall–Kier alpha value is -0.820. The van der Waals surface area contributed by atoms with Crippen molar-refractivity contribution in [2.24, 2.45) is 0 Å². The van der Waals surface area contributed by atoms with Crippen LogP contribution in [0.25, 0.3) is 0 Å². The summed E-state index contributed by atoms with van der Waals surface area (Å²) in [6.07, 6.45) is 2.35. The Bertz CT molecular complexity index is 287. The van der Waals surface area contributed by atoms with E-state index >= 15 is 0 Å². The first-order valence-corrected chi connectivity index (χ1v) is 4.40. The highest BCUT2D eigenvalue weighted by molar-refractivity contribution is 5.35. The van der Waals surface area contributed by atoms with Crippen LogP contribution in [-0.2, 0) is 10.3 Å². The first kappa shape index (κ1) is 7.81. The van der Waals surface area contributed by atoms with Crippen molar-refractivity contribution in [1.82, 2.24) is 0 Å². The third-order valence-electron chi connectivity index (χ3n) is 2.73. The van der Waals surface area contributed by atoms with E-state index in [0.29, 0.717) is 0 Å². The van der Waals surface area contributed by atoms with Crippen LogP contribution in [0.3, 0.4) is 0 Å². The van der Waals surface area contributed by atoms with Gasteiger partial charge >= 0.3 is 0 Å². The van der Waals surface area contributed by atoms with Gasteiger partial charge in [-0.3, -0.25) is 0 Å². The largest absolute Gasteiger partial charge is 0.374 e. The number of rotatable bonds is 2. The SMILES string of the molecule is COC1(c2ccccc2C)CC1. The van der Waals surface area contributed by atoms with Crippen LogP contribution < -0.4 is 0 Å². The smallest absolute Gasteiger partial charge is 0.0932 e. The standard InChI is InChI=1S/C11H14O/c1-9-5-3-4-6-10(9)11(12-2)7-8-11/h3-6H,7-8H2,1-2H3. The molecule has 0 spiro atoms. The molecule has 0 N–H and O–H groups in total. The molecule has 1 saturated carbocycles. The van der Waals surface area contributed by atoms with Gasteiger partial charge in [0.1, 0.15) is 0 Å². The lowest BCUT2D eigenvalue weighted by atomic mass is 10.0. The number of methoxy groups -OCH3 is 1. The quantitative estimate of drug-likeness (QED) is 0.649. The van der Waals surface area contributed by atoms with Crippen LogP contribution in [0.4, 0.5) is 0 Å². The van der Waals surface area contributed by atoms with Crippen LogP contribution in [-0.4, -0.2) is 7.11 Å². The average molecular weight is 162 g/mol. The molecule has 1 nitrogen and oxygen atoms in total. The van der Waals surface area contributed by atoms with E-state index in [-0.39, 0.29) is 5.60 Å². The summed E-state index contributed by atoms with van der Waals surface area (Å²) in [5.74, 6) is 0. The molecular formula is C11H14O. The zero-order valence-electron chi connectivity index (χ0n) is 7.63. The normalized spacial score (nSPS) is 19.2. The molecule has 1 fully saturated rings. The zero-order valence-corrected chi connectivity index (χ0v) is 7.63. The molecule has 0 amide bonds. The number of hydrogen-bond donors (Lipinski definition) is 0. The van der Waals surface area contributed by atoms with Crippen LogP contribution >= 0.6 is 0 Å². The van der Waals surface area contributed by atoms with Crippen molar-refractivity contribution in [2.75, 3.05) is 7.11 Å². The Morgan fingerprint density at radius 2 is 1.92 bits per heavy atom. The molecule has 1 aromatic rings. The topological polar surface area (TPSA) is 9.23 Å². The molecule has 1 heteroatoms. The van der Waals surface area contributed by atoms with Crippen molar-refractivity contribution < 1.29 is 4.74 Å². The molecule has 64 valence electrons. The van der Waals surface area contributed by atoms with Gasteiger partial charge in [0, 0.05) is 7.11 Å². The lowest BCUT2D eigenvalue weighted by molar-refractivity contribution is 0.0784. The van der Waals surface area contributed by atoms with E-state index < -0.39 is 0 Å². The van der Waals surface area contributed by atoms with E-state index in [9.17, 15) is 0 Å². The minimum Gasteiger partial charge on any atom is -0.374 e. The van der Waals surface area contributed by atoms with Crippen molar-refractivity contribution in [3.05, 3.63) is 35.4 Å². The Kier molecular flexibility index (Phi) is 1.69. The van der Waals surface area contributed by atoms with Crippen LogP contribution in [0.1, 0.15) is 24.0 Å². The highest BCUT2D eigenvalue weighted by Crippen LogP contribution is 2.49. The van der Waals surface area contributed by atoms with Crippen molar-refractivity contribution in [1.29, 1.82) is 0 Å². The molecule has 0 heterocycles. The van der Waals surface area contributed by atoms with Gasteiger partial charge in [-0.1, -0.05) is 24.3 Å². The van der Waals surface area contributed by atoms with Gasteiger partial charge in [0.2, 0.25) is 0 Å². The Morgan fingerprint density at radius 3 is 2.42 bits per heavy atom. The molecule has 1 aliphatic rings. The van der Waals surface area contributed by atoms with Gasteiger partial charge in [-0.2, -0.15) is 0 Å². The van der Waals surface area contributed by atoms with Crippen LogP contribution in [0.15, 0.2) is 24.3 Å². The van der Waals surface area contributed by atoms with Crippen LogP contribution in [0.5, 0.6) is 0 Å². The van der Waals surface area contributed by atoms with E-state index in [1.165, 1.54) is 24.0 Å². The fourth-order valence-corrected chi connectivity index (χ4v) is 1.78. The molecule has 0 bridgehead atoms. The van der Waals surface area contributed by atoms with E-state index in [4.69, 9.17) is 4.74 Å². The Balaban J connectivity index is 2.40. The van der Waals surface area contributed by atoms with Crippen molar-refractivity contribution in [2.45, 2.75) is 25.4 Å². The van der Waals surface area contributed by atoms with Gasteiger partial charge in [-0.05, 0) is 30.9 Å². The van der Waals surface area contributed by atoms with Crippen molar-refractivity contribution >= 4 is 0 Å². The lowest BCUT2D eigenvalue weighted by Crippen LogP contribution is -2.10. The second-order valence-corrected chi connectivity index (χ2v) is 3.51. The van der Waals surface area contributed by atoms with E-state index in [2.05, 4.69) is 31.2 Å². The Labute approximate surface area is 73.4 Å². The fraction of sp³-hybridized carbons (Fsp3) is 0.455. The molecule has 1 aliphatic carbocycles. The fourth-order valence-electron chi connectivity index (χ4n) is 1.78. The van der Waals surface area contributed by atoms with Crippen LogP contribution in [0, 0.1) is 6.92 Å². The number of benzene rings is 1. The minimum atomic E-state index is 0.0747. The average Bonchev–Trinajstić information content (AvgIpc) is 2.86. The maximum absolute atomic E-state index is 5.52. The van der Waals surface area contributed by atoms with Crippen molar-refractivity contribution in [3.63, 3.8) is 0 Å². The molecular weight excluding hydrogens is 148 g/mol. The molecule has 0 aromatic heterocycles. The second kappa shape index (κ2) is 2.60. The number of hydrogen-bond acceptors (Lipinski definition) is 1. The molecule has 0 atom stereocenters. The Morgan fingerprint density at radius 1 is 1.25 bits per heavy atom. The highest BCUT2D eigenvalue weighted by atomic mass is 16.5. The van der Waals surface area contributed by atoms with Gasteiger partial charge in [-0.15, -0.1) is 0 Å². The van der Waals surface area contributed by atoms with E-state index in [1.54, 1.807) is 7.11 Å². The maximum atomic E-state index is 5.52. The molecule has 12 heavy (non-hydrogen) atoms. The summed E-state index contributed by atoms with van der Waals surface area (Å²) < 4.78 is 5.52. The van der Waals surface area contributed by atoms with Crippen LogP contribution in [0.2, 0.25) is 0 Å². The number of ether oxygens (including phenoxy) is 1. The molecule has 1 aromatic carbocycles. The zero-order chi connectivity index (χ0) is 8.60. The van der Waals surface area contributed by atoms with Gasteiger partial charge in [0.15, 0.2) is 0 Å².